The molecule has 0 aliphatic heterocycles. The summed E-state index contributed by atoms with van der Waals surface area (Å²) in [6.45, 7) is 11.4. The molecule has 0 radical (unpaired) electrons. The summed E-state index contributed by atoms with van der Waals surface area (Å²) in [7, 11) is -4.10. The third-order valence-electron chi connectivity index (χ3n) is 3.20. The lowest BCUT2D eigenvalue weighted by Crippen LogP contribution is -2.38. The lowest BCUT2D eigenvalue weighted by atomic mass is 9.92. The van der Waals surface area contributed by atoms with E-state index in [1.165, 1.54) is 0 Å². The molecule has 0 aliphatic rings. The second kappa shape index (κ2) is 8.41. The zero-order valence-electron chi connectivity index (χ0n) is 14.8. The van der Waals surface area contributed by atoms with Crippen LogP contribution in [0.2, 0.25) is 0 Å². The number of benzene rings is 1. The maximum absolute atomic E-state index is 12.1. The van der Waals surface area contributed by atoms with Gasteiger partial charge in [0, 0.05) is 6.54 Å². The van der Waals surface area contributed by atoms with Gasteiger partial charge in [0.1, 0.15) is 0 Å². The van der Waals surface area contributed by atoms with Crippen LogP contribution in [0.5, 0.6) is 0 Å². The highest BCUT2D eigenvalue weighted by atomic mass is 31.2. The minimum absolute atomic E-state index is 0.0438. The number of phosphoric ester groups is 1. The van der Waals surface area contributed by atoms with E-state index in [0.717, 1.165) is 18.5 Å². The minimum Gasteiger partial charge on any atom is -0.314 e. The second-order valence-corrected chi connectivity index (χ2v) is 8.94. The average molecular weight is 343 g/mol. The maximum Gasteiger partial charge on any atom is 0.473 e. The van der Waals surface area contributed by atoms with Gasteiger partial charge in [0.2, 0.25) is 0 Å². The van der Waals surface area contributed by atoms with Crippen molar-refractivity contribution in [3.05, 3.63) is 35.9 Å². The van der Waals surface area contributed by atoms with Gasteiger partial charge in [-0.1, -0.05) is 51.1 Å². The van der Waals surface area contributed by atoms with Crippen molar-refractivity contribution in [3.8, 4) is 0 Å². The van der Waals surface area contributed by atoms with Gasteiger partial charge >= 0.3 is 7.82 Å². The first kappa shape index (κ1) is 20.3. The smallest absolute Gasteiger partial charge is 0.314 e. The number of hydrogen-bond acceptors (Lipinski definition) is 4. The van der Waals surface area contributed by atoms with Crippen molar-refractivity contribution >= 4 is 7.82 Å². The Morgan fingerprint density at radius 1 is 1.13 bits per heavy atom. The van der Waals surface area contributed by atoms with Crippen LogP contribution in [0.15, 0.2) is 30.3 Å². The number of nitrogens with one attached hydrogen (secondary N) is 1. The third-order valence-corrected chi connectivity index (χ3v) is 4.38. The maximum atomic E-state index is 12.1. The highest BCUT2D eigenvalue weighted by Gasteiger charge is 2.32. The van der Waals surface area contributed by atoms with E-state index >= 15 is 0 Å². The molecule has 1 rings (SSSR count). The van der Waals surface area contributed by atoms with E-state index in [1.807, 2.05) is 30.3 Å². The first-order valence-corrected chi connectivity index (χ1v) is 9.41. The molecule has 1 aromatic carbocycles. The highest BCUT2D eigenvalue weighted by Crippen LogP contribution is 2.47. The molecule has 0 saturated heterocycles. The molecule has 0 amide bonds. The Hall–Kier alpha value is -0.710. The highest BCUT2D eigenvalue weighted by molar-refractivity contribution is 7.47. The normalized spacial score (nSPS) is 15.4. The van der Waals surface area contributed by atoms with Crippen molar-refractivity contribution in [2.24, 2.45) is 5.41 Å². The van der Waals surface area contributed by atoms with Gasteiger partial charge in [0.25, 0.3) is 0 Å². The molecule has 1 aromatic rings. The summed E-state index contributed by atoms with van der Waals surface area (Å²) >= 11 is 0. The summed E-state index contributed by atoms with van der Waals surface area (Å²) < 4.78 is 22.5. The Bertz CT molecular complexity index is 511. The molecule has 23 heavy (non-hydrogen) atoms. The van der Waals surface area contributed by atoms with Gasteiger partial charge in [0.05, 0.1) is 12.2 Å². The first-order valence-electron chi connectivity index (χ1n) is 7.92. The molecule has 1 unspecified atom stereocenters. The fraction of sp³-hybridized carbons (Fsp3) is 0.647. The number of phosphoric acid groups is 1. The molecule has 0 bridgehead atoms. The largest absolute Gasteiger partial charge is 0.473 e. The van der Waals surface area contributed by atoms with Gasteiger partial charge in [-0.3, -0.25) is 9.05 Å². The summed E-state index contributed by atoms with van der Waals surface area (Å²) in [4.78, 5) is 9.88. The van der Waals surface area contributed by atoms with Crippen LogP contribution in [-0.2, 0) is 20.2 Å². The van der Waals surface area contributed by atoms with E-state index < -0.39 is 13.4 Å². The number of hydrogen-bond donors (Lipinski definition) is 2. The summed E-state index contributed by atoms with van der Waals surface area (Å²) in [5.74, 6) is 0. The van der Waals surface area contributed by atoms with Crippen molar-refractivity contribution in [2.45, 2.75) is 53.2 Å². The quantitative estimate of drug-likeness (QED) is 0.521. The summed E-state index contributed by atoms with van der Waals surface area (Å²) in [5.41, 5.74) is 0.286. The van der Waals surface area contributed by atoms with Crippen molar-refractivity contribution < 1.29 is 18.5 Å². The molecule has 5 nitrogen and oxygen atoms in total. The second-order valence-electron chi connectivity index (χ2n) is 7.57. The molecular formula is C17H30NO4P. The molecule has 6 heteroatoms. The molecule has 0 spiro atoms. The fourth-order valence-electron chi connectivity index (χ4n) is 1.95. The predicted molar refractivity (Wildman–Crippen MR) is 93.2 cm³/mol. The Morgan fingerprint density at radius 3 is 2.30 bits per heavy atom. The van der Waals surface area contributed by atoms with E-state index in [9.17, 15) is 9.46 Å². The Balaban J connectivity index is 2.40. The van der Waals surface area contributed by atoms with Crippen molar-refractivity contribution in [1.29, 1.82) is 0 Å². The molecule has 0 heterocycles. The van der Waals surface area contributed by atoms with Gasteiger partial charge in [-0.25, -0.2) is 4.57 Å². The minimum atomic E-state index is -4.10. The van der Waals surface area contributed by atoms with Crippen LogP contribution < -0.4 is 5.32 Å². The van der Waals surface area contributed by atoms with Crippen LogP contribution in [0, 0.1) is 5.41 Å². The Kier molecular flexibility index (Phi) is 7.43. The van der Waals surface area contributed by atoms with E-state index in [1.54, 1.807) is 13.8 Å². The molecule has 0 fully saturated rings. The number of rotatable bonds is 9. The van der Waals surface area contributed by atoms with Gasteiger partial charge in [-0.15, -0.1) is 0 Å². The SMILES string of the molecule is CC(C)(C)CCNCC(C)(C)OP(=O)(O)OCc1ccccc1. The fourth-order valence-corrected chi connectivity index (χ4v) is 3.01. The predicted octanol–water partition coefficient (Wildman–Crippen LogP) is 4.12. The van der Waals surface area contributed by atoms with Crippen LogP contribution in [0.3, 0.4) is 0 Å². The summed E-state index contributed by atoms with van der Waals surface area (Å²) in [6.07, 6.45) is 1.02. The lowest BCUT2D eigenvalue weighted by Gasteiger charge is -2.28. The van der Waals surface area contributed by atoms with E-state index in [4.69, 9.17) is 9.05 Å². The van der Waals surface area contributed by atoms with Crippen molar-refractivity contribution in [1.82, 2.24) is 5.32 Å². The van der Waals surface area contributed by atoms with E-state index in [2.05, 4.69) is 26.1 Å². The molecule has 1 atom stereocenters. The van der Waals surface area contributed by atoms with Gasteiger partial charge in [-0.05, 0) is 37.8 Å². The van der Waals surface area contributed by atoms with Crippen LogP contribution in [0.4, 0.5) is 0 Å². The third kappa shape index (κ3) is 9.90. The van der Waals surface area contributed by atoms with Gasteiger partial charge in [0.15, 0.2) is 0 Å². The van der Waals surface area contributed by atoms with Crippen molar-refractivity contribution in [2.75, 3.05) is 13.1 Å². The molecule has 2 N–H and O–H groups in total. The van der Waals surface area contributed by atoms with Crippen LogP contribution >= 0.6 is 7.82 Å². The van der Waals surface area contributed by atoms with Crippen LogP contribution in [0.1, 0.15) is 46.6 Å². The first-order chi connectivity index (χ1) is 10.5. The molecule has 0 aliphatic carbocycles. The Labute approximate surface area is 140 Å². The average Bonchev–Trinajstić information content (AvgIpc) is 2.41. The molecular weight excluding hydrogens is 313 g/mol. The van der Waals surface area contributed by atoms with Crippen molar-refractivity contribution in [3.63, 3.8) is 0 Å². The van der Waals surface area contributed by atoms with Crippen LogP contribution in [0.25, 0.3) is 0 Å². The van der Waals surface area contributed by atoms with E-state index in [0.29, 0.717) is 6.54 Å². The molecule has 132 valence electrons. The zero-order valence-corrected chi connectivity index (χ0v) is 15.7. The van der Waals surface area contributed by atoms with Gasteiger partial charge in [-0.2, -0.15) is 0 Å². The van der Waals surface area contributed by atoms with Crippen LogP contribution in [-0.4, -0.2) is 23.6 Å². The molecule has 0 saturated carbocycles. The van der Waals surface area contributed by atoms with E-state index in [-0.39, 0.29) is 12.0 Å². The topological polar surface area (TPSA) is 67.8 Å². The zero-order chi connectivity index (χ0) is 17.6. The standard InChI is InChI=1S/C17H30NO4P/c1-16(2,3)11-12-18-14-17(4,5)22-23(19,20)21-13-15-9-7-6-8-10-15/h6-10,18H,11-14H2,1-5H3,(H,19,20). The molecule has 0 aromatic heterocycles. The monoisotopic (exact) mass is 343 g/mol. The van der Waals surface area contributed by atoms with Gasteiger partial charge < -0.3 is 10.2 Å². The Morgan fingerprint density at radius 2 is 1.74 bits per heavy atom. The summed E-state index contributed by atoms with van der Waals surface area (Å²) in [6, 6.07) is 9.25. The lowest BCUT2D eigenvalue weighted by molar-refractivity contribution is 0.0455. The summed E-state index contributed by atoms with van der Waals surface area (Å²) in [5, 5.41) is 3.27.